The van der Waals surface area contributed by atoms with Gasteiger partial charge in [0.05, 0.1) is 24.4 Å². The monoisotopic (exact) mass is 615 g/mol. The van der Waals surface area contributed by atoms with Gasteiger partial charge in [-0.2, -0.15) is 4.39 Å². The van der Waals surface area contributed by atoms with Gasteiger partial charge in [0.15, 0.2) is 23.0 Å². The van der Waals surface area contributed by atoms with E-state index in [1.165, 1.54) is 25.4 Å². The van der Waals surface area contributed by atoms with E-state index >= 15 is 0 Å². The molecule has 2 unspecified atom stereocenters. The predicted molar refractivity (Wildman–Crippen MR) is 164 cm³/mol. The first-order valence-electron chi connectivity index (χ1n) is 15.3. The summed E-state index contributed by atoms with van der Waals surface area (Å²) in [4.78, 5) is 39.6. The Morgan fingerprint density at radius 1 is 1.07 bits per heavy atom. The molecule has 1 aliphatic carbocycles. The Balaban J connectivity index is 1.04. The van der Waals surface area contributed by atoms with Crippen molar-refractivity contribution in [3.8, 4) is 17.0 Å². The molecule has 2 aromatic carbocycles. The first-order chi connectivity index (χ1) is 21.8. The van der Waals surface area contributed by atoms with Crippen molar-refractivity contribution >= 4 is 29.0 Å². The lowest BCUT2D eigenvalue weighted by Crippen LogP contribution is -2.56. The van der Waals surface area contributed by atoms with Crippen molar-refractivity contribution < 1.29 is 23.1 Å². The molecular weight excluding hydrogens is 580 g/mol. The number of nitrogens with one attached hydrogen (secondary N) is 2. The van der Waals surface area contributed by atoms with Gasteiger partial charge in [-0.25, -0.2) is 14.4 Å². The van der Waals surface area contributed by atoms with E-state index in [0.717, 1.165) is 37.9 Å². The summed E-state index contributed by atoms with van der Waals surface area (Å²) >= 11 is 0. The number of nitrogens with zero attached hydrogens (tertiary/aromatic N) is 5. The summed E-state index contributed by atoms with van der Waals surface area (Å²) in [6.45, 7) is 5.75. The van der Waals surface area contributed by atoms with Crippen molar-refractivity contribution in [2.75, 3.05) is 51.7 Å². The normalized spacial score (nSPS) is 21.3. The van der Waals surface area contributed by atoms with Crippen LogP contribution in [0.4, 0.5) is 20.3 Å². The summed E-state index contributed by atoms with van der Waals surface area (Å²) in [5.74, 6) is -1.08. The molecular formula is C33H35F2N7O3. The second-order valence-corrected chi connectivity index (χ2v) is 12.3. The fourth-order valence-electron chi connectivity index (χ4n) is 7.19. The number of methoxy groups -OCH3 is 1. The van der Waals surface area contributed by atoms with Crippen molar-refractivity contribution in [3.63, 3.8) is 0 Å². The number of fused-ring (bicyclic) bond motifs is 3. The highest BCUT2D eigenvalue weighted by Crippen LogP contribution is 2.45. The molecule has 2 bridgehead atoms. The Kier molecular flexibility index (Phi) is 7.39. The molecule has 0 spiro atoms. The zero-order valence-electron chi connectivity index (χ0n) is 25.3. The number of imidazole rings is 1. The largest absolute Gasteiger partial charge is 0.494 e. The van der Waals surface area contributed by atoms with Gasteiger partial charge in [0, 0.05) is 61.9 Å². The molecule has 2 amide bonds. The number of piperazine rings is 1. The Labute approximate surface area is 259 Å². The van der Waals surface area contributed by atoms with Crippen molar-refractivity contribution in [1.82, 2.24) is 29.5 Å². The molecule has 1 saturated carbocycles. The molecule has 12 heteroatoms. The Morgan fingerprint density at radius 2 is 1.87 bits per heavy atom. The van der Waals surface area contributed by atoms with Crippen LogP contribution in [0.5, 0.6) is 5.75 Å². The number of aryl methyl sites for hydroxylation is 1. The summed E-state index contributed by atoms with van der Waals surface area (Å²) < 4.78 is 35.8. The topological polar surface area (TPSA) is 104 Å². The predicted octanol–water partition coefficient (Wildman–Crippen LogP) is 4.41. The van der Waals surface area contributed by atoms with E-state index in [0.29, 0.717) is 60.5 Å². The number of anilines is 2. The Bertz CT molecular complexity index is 1800. The highest BCUT2D eigenvalue weighted by atomic mass is 19.2. The van der Waals surface area contributed by atoms with Gasteiger partial charge in [0.2, 0.25) is 11.7 Å². The number of halogens is 2. The number of hydrogen-bond acceptors (Lipinski definition) is 7. The quantitative estimate of drug-likeness (QED) is 0.331. The van der Waals surface area contributed by atoms with Gasteiger partial charge in [0.25, 0.3) is 5.91 Å². The van der Waals surface area contributed by atoms with Gasteiger partial charge >= 0.3 is 0 Å². The van der Waals surface area contributed by atoms with Crippen LogP contribution in [-0.2, 0) is 4.79 Å². The number of carbonyl (C=O) groups excluding carboxylic acids is 2. The summed E-state index contributed by atoms with van der Waals surface area (Å²) in [7, 11) is 1.28. The molecule has 7 rings (SSSR count). The van der Waals surface area contributed by atoms with E-state index < -0.39 is 11.6 Å². The average molecular weight is 616 g/mol. The van der Waals surface area contributed by atoms with Crippen molar-refractivity contribution in [2.24, 2.45) is 11.3 Å². The summed E-state index contributed by atoms with van der Waals surface area (Å²) in [6, 6.07) is 8.28. The van der Waals surface area contributed by atoms with Crippen LogP contribution in [0.2, 0.25) is 0 Å². The van der Waals surface area contributed by atoms with Crippen LogP contribution in [0.25, 0.3) is 16.9 Å². The summed E-state index contributed by atoms with van der Waals surface area (Å²) in [6.07, 6.45) is 7.67. The lowest BCUT2D eigenvalue weighted by molar-refractivity contribution is -0.144. The lowest BCUT2D eigenvalue weighted by Gasteiger charge is -2.41. The highest BCUT2D eigenvalue weighted by molar-refractivity contribution is 5.96. The minimum absolute atomic E-state index is 0.0414. The second kappa shape index (κ2) is 11.4. The van der Waals surface area contributed by atoms with Gasteiger partial charge in [-0.1, -0.05) is 0 Å². The van der Waals surface area contributed by atoms with Crippen molar-refractivity contribution in [3.05, 3.63) is 71.7 Å². The van der Waals surface area contributed by atoms with Crippen LogP contribution < -0.4 is 15.4 Å². The van der Waals surface area contributed by atoms with Crippen molar-refractivity contribution in [2.45, 2.75) is 26.2 Å². The van der Waals surface area contributed by atoms with Crippen LogP contribution >= 0.6 is 0 Å². The Hall–Kier alpha value is -4.58. The molecule has 2 N–H and O–H groups in total. The summed E-state index contributed by atoms with van der Waals surface area (Å²) in [5.41, 5.74) is 2.64. The molecule has 10 nitrogen and oxygen atoms in total. The van der Waals surface area contributed by atoms with E-state index in [1.54, 1.807) is 28.9 Å². The number of ether oxygens (including phenoxy) is 1. The number of carbonyl (C=O) groups is 2. The lowest BCUT2D eigenvalue weighted by atomic mass is 9.81. The van der Waals surface area contributed by atoms with Gasteiger partial charge in [-0.3, -0.25) is 14.0 Å². The van der Waals surface area contributed by atoms with Crippen molar-refractivity contribution in [1.29, 1.82) is 0 Å². The minimum atomic E-state index is -1.07. The van der Waals surface area contributed by atoms with Crippen LogP contribution in [0, 0.1) is 29.9 Å². The smallest absolute Gasteiger partial charge is 0.254 e. The maximum absolute atomic E-state index is 14.9. The number of piperidine rings is 1. The zero-order chi connectivity index (χ0) is 31.3. The van der Waals surface area contributed by atoms with Gasteiger partial charge in [0.1, 0.15) is 0 Å². The SMILES string of the molecule is COc1ccc(-c2cnc3c(Nc4ccc(C(=O)N5CCN(C(=O)C67CCC(CNC6)C7)CC5)c(C)c4)nccn23)c(F)c1F. The average Bonchev–Trinajstić information content (AvgIpc) is 3.62. The molecule has 2 aromatic heterocycles. The highest BCUT2D eigenvalue weighted by Gasteiger charge is 2.49. The number of amides is 2. The molecule has 2 aliphatic heterocycles. The van der Waals surface area contributed by atoms with E-state index in [-0.39, 0.29) is 28.5 Å². The fraction of sp³-hybridized carbons (Fsp3) is 0.394. The number of benzene rings is 2. The number of rotatable bonds is 6. The molecule has 234 valence electrons. The summed E-state index contributed by atoms with van der Waals surface area (Å²) in [5, 5.41) is 6.70. The first-order valence-corrected chi connectivity index (χ1v) is 15.3. The van der Waals surface area contributed by atoms with Crippen LogP contribution in [-0.4, -0.2) is 82.4 Å². The maximum atomic E-state index is 14.9. The number of aromatic nitrogens is 3. The standard InChI is InChI=1S/C33H35F2N7O3/c1-20-15-22(39-29-30-38-18-25(42(30)10-9-37-29)24-5-6-26(45-2)28(35)27(24)34)3-4-23(20)31(43)40-11-13-41(14-12-40)32(44)33-8-7-21(16-33)17-36-19-33/h3-6,9-10,15,18,21,36H,7-8,11-14,16-17,19H2,1-2H3,(H,37,39). The third-order valence-electron chi connectivity index (χ3n) is 9.61. The van der Waals surface area contributed by atoms with E-state index in [2.05, 4.69) is 20.6 Å². The van der Waals surface area contributed by atoms with Crippen LogP contribution in [0.15, 0.2) is 48.9 Å². The van der Waals surface area contributed by atoms with Crippen LogP contribution in [0.3, 0.4) is 0 Å². The molecule has 45 heavy (non-hydrogen) atoms. The maximum Gasteiger partial charge on any atom is 0.254 e. The number of hydrogen-bond donors (Lipinski definition) is 2. The Morgan fingerprint density at radius 3 is 2.64 bits per heavy atom. The molecule has 4 heterocycles. The molecule has 2 atom stereocenters. The van der Waals surface area contributed by atoms with E-state index in [9.17, 15) is 18.4 Å². The first kappa shape index (κ1) is 29.1. The molecule has 3 aliphatic rings. The third-order valence-corrected chi connectivity index (χ3v) is 9.61. The third kappa shape index (κ3) is 5.06. The molecule has 0 radical (unpaired) electrons. The molecule has 3 fully saturated rings. The molecule has 4 aromatic rings. The van der Waals surface area contributed by atoms with E-state index in [1.807, 2.05) is 22.8 Å². The van der Waals surface area contributed by atoms with Gasteiger partial charge in [-0.05, 0) is 74.5 Å². The van der Waals surface area contributed by atoms with Gasteiger partial charge < -0.3 is 25.2 Å². The van der Waals surface area contributed by atoms with Gasteiger partial charge in [-0.15, -0.1) is 0 Å². The zero-order valence-corrected chi connectivity index (χ0v) is 25.3. The van der Waals surface area contributed by atoms with Crippen LogP contribution in [0.1, 0.15) is 35.2 Å². The fourth-order valence-corrected chi connectivity index (χ4v) is 7.19. The van der Waals surface area contributed by atoms with E-state index in [4.69, 9.17) is 4.74 Å². The molecule has 2 saturated heterocycles. The second-order valence-electron chi connectivity index (χ2n) is 12.3. The minimum Gasteiger partial charge on any atom is -0.494 e.